The fourth-order valence-corrected chi connectivity index (χ4v) is 3.27. The Balaban J connectivity index is 2.03. The van der Waals surface area contributed by atoms with E-state index in [2.05, 4.69) is 11.8 Å². The second kappa shape index (κ2) is 7.81. The molecule has 4 heteroatoms. The highest BCUT2D eigenvalue weighted by molar-refractivity contribution is 6.31. The van der Waals surface area contributed by atoms with Gasteiger partial charge in [0.25, 0.3) is 0 Å². The Morgan fingerprint density at radius 1 is 1.29 bits per heavy atom. The Morgan fingerprint density at radius 3 is 2.57 bits per heavy atom. The molecule has 0 aliphatic heterocycles. The summed E-state index contributed by atoms with van der Waals surface area (Å²) in [6.45, 7) is 2.94. The third kappa shape index (κ3) is 4.45. The summed E-state index contributed by atoms with van der Waals surface area (Å²) >= 11 is 6.17. The molecule has 1 aromatic carbocycles. The van der Waals surface area contributed by atoms with E-state index in [1.165, 1.54) is 0 Å². The second-order valence-electron chi connectivity index (χ2n) is 5.92. The number of carbonyl (C=O) groups is 1. The van der Waals surface area contributed by atoms with E-state index in [9.17, 15) is 4.79 Å². The summed E-state index contributed by atoms with van der Waals surface area (Å²) < 4.78 is 0. The Kier molecular flexibility index (Phi) is 6.07. The first kappa shape index (κ1) is 16.3. The zero-order chi connectivity index (χ0) is 15.2. The van der Waals surface area contributed by atoms with E-state index >= 15 is 0 Å². The maximum absolute atomic E-state index is 12.7. The van der Waals surface area contributed by atoms with Crippen molar-refractivity contribution in [2.45, 2.75) is 57.5 Å². The van der Waals surface area contributed by atoms with E-state index in [4.69, 9.17) is 17.3 Å². The van der Waals surface area contributed by atoms with Crippen LogP contribution in [0.4, 0.5) is 0 Å². The van der Waals surface area contributed by atoms with Crippen molar-refractivity contribution in [3.8, 4) is 0 Å². The number of amides is 1. The van der Waals surface area contributed by atoms with Gasteiger partial charge in [-0.2, -0.15) is 0 Å². The standard InChI is InChI=1S/C17H25ClN2O/c1-2-11-20(15-9-7-14(19)8-10-15)17(21)12-13-5-3-4-6-16(13)18/h3-6,14-15H,2,7-12,19H2,1H3. The molecule has 0 unspecified atom stereocenters. The molecule has 0 bridgehead atoms. The van der Waals surface area contributed by atoms with Gasteiger partial charge >= 0.3 is 0 Å². The summed E-state index contributed by atoms with van der Waals surface area (Å²) in [6.07, 6.45) is 5.46. The lowest BCUT2D eigenvalue weighted by Gasteiger charge is -2.36. The lowest BCUT2D eigenvalue weighted by Crippen LogP contribution is -2.45. The predicted molar refractivity (Wildman–Crippen MR) is 87.4 cm³/mol. The average molecular weight is 309 g/mol. The number of rotatable bonds is 5. The van der Waals surface area contributed by atoms with Gasteiger partial charge in [-0.05, 0) is 43.7 Å². The topological polar surface area (TPSA) is 46.3 Å². The minimum atomic E-state index is 0.186. The van der Waals surface area contributed by atoms with E-state index < -0.39 is 0 Å². The lowest BCUT2D eigenvalue weighted by atomic mass is 9.90. The highest BCUT2D eigenvalue weighted by Crippen LogP contribution is 2.24. The third-order valence-electron chi connectivity index (χ3n) is 4.27. The Bertz CT molecular complexity index is 470. The third-order valence-corrected chi connectivity index (χ3v) is 4.64. The van der Waals surface area contributed by atoms with Crippen LogP contribution >= 0.6 is 11.6 Å². The van der Waals surface area contributed by atoms with Gasteiger partial charge in [0, 0.05) is 23.7 Å². The molecule has 2 N–H and O–H groups in total. The van der Waals surface area contributed by atoms with Crippen molar-refractivity contribution >= 4 is 17.5 Å². The fourth-order valence-electron chi connectivity index (χ4n) is 3.07. The maximum Gasteiger partial charge on any atom is 0.227 e. The molecule has 0 spiro atoms. The van der Waals surface area contributed by atoms with Crippen molar-refractivity contribution in [1.82, 2.24) is 4.90 Å². The van der Waals surface area contributed by atoms with Crippen LogP contribution in [-0.4, -0.2) is 29.4 Å². The molecule has 3 nitrogen and oxygen atoms in total. The molecule has 21 heavy (non-hydrogen) atoms. The summed E-state index contributed by atoms with van der Waals surface area (Å²) in [5.41, 5.74) is 6.88. The molecule has 0 saturated heterocycles. The van der Waals surface area contributed by atoms with Crippen LogP contribution in [0.15, 0.2) is 24.3 Å². The minimum absolute atomic E-state index is 0.186. The van der Waals surface area contributed by atoms with E-state index in [1.807, 2.05) is 24.3 Å². The van der Waals surface area contributed by atoms with Crippen molar-refractivity contribution < 1.29 is 4.79 Å². The van der Waals surface area contributed by atoms with E-state index in [0.717, 1.165) is 44.2 Å². The number of hydrogen-bond acceptors (Lipinski definition) is 2. The van der Waals surface area contributed by atoms with E-state index in [0.29, 0.717) is 23.5 Å². The smallest absolute Gasteiger partial charge is 0.227 e. The van der Waals surface area contributed by atoms with Crippen molar-refractivity contribution in [2.75, 3.05) is 6.54 Å². The van der Waals surface area contributed by atoms with E-state index in [1.54, 1.807) is 0 Å². The van der Waals surface area contributed by atoms with Gasteiger partial charge in [0.05, 0.1) is 6.42 Å². The first-order valence-corrected chi connectivity index (χ1v) is 8.28. The maximum atomic E-state index is 12.7. The molecule has 0 heterocycles. The number of hydrogen-bond donors (Lipinski definition) is 1. The Hall–Kier alpha value is -1.06. The second-order valence-corrected chi connectivity index (χ2v) is 6.33. The summed E-state index contributed by atoms with van der Waals surface area (Å²) in [6, 6.07) is 8.25. The van der Waals surface area contributed by atoms with Gasteiger partial charge < -0.3 is 10.6 Å². The van der Waals surface area contributed by atoms with Crippen molar-refractivity contribution in [3.05, 3.63) is 34.9 Å². The fraction of sp³-hybridized carbons (Fsp3) is 0.588. The van der Waals surface area contributed by atoms with Crippen LogP contribution < -0.4 is 5.73 Å². The molecule has 1 amide bonds. The molecule has 116 valence electrons. The Labute approximate surface area is 132 Å². The van der Waals surface area contributed by atoms with E-state index in [-0.39, 0.29) is 5.91 Å². The first-order chi connectivity index (χ1) is 10.1. The normalized spacial score (nSPS) is 22.0. The van der Waals surface area contributed by atoms with Crippen molar-refractivity contribution in [2.24, 2.45) is 5.73 Å². The average Bonchev–Trinajstić information content (AvgIpc) is 2.48. The number of halogens is 1. The number of nitrogens with zero attached hydrogens (tertiary/aromatic N) is 1. The van der Waals surface area contributed by atoms with Gasteiger partial charge in [-0.25, -0.2) is 0 Å². The highest BCUT2D eigenvalue weighted by Gasteiger charge is 2.27. The van der Waals surface area contributed by atoms with Crippen LogP contribution in [0.5, 0.6) is 0 Å². The molecule has 1 aromatic rings. The minimum Gasteiger partial charge on any atom is -0.339 e. The molecule has 0 radical (unpaired) electrons. The zero-order valence-corrected chi connectivity index (χ0v) is 13.5. The lowest BCUT2D eigenvalue weighted by molar-refractivity contribution is -0.133. The number of nitrogens with two attached hydrogens (primary N) is 1. The van der Waals surface area contributed by atoms with Gasteiger partial charge in [0.15, 0.2) is 0 Å². The predicted octanol–water partition coefficient (Wildman–Crippen LogP) is 3.39. The summed E-state index contributed by atoms with van der Waals surface area (Å²) in [5.74, 6) is 0.186. The first-order valence-electron chi connectivity index (χ1n) is 7.90. The summed E-state index contributed by atoms with van der Waals surface area (Å²) in [7, 11) is 0. The molecular weight excluding hydrogens is 284 g/mol. The summed E-state index contributed by atoms with van der Waals surface area (Å²) in [4.78, 5) is 14.7. The van der Waals surface area contributed by atoms with Crippen LogP contribution in [0, 0.1) is 0 Å². The van der Waals surface area contributed by atoms with Crippen LogP contribution in [-0.2, 0) is 11.2 Å². The van der Waals surface area contributed by atoms with Crippen LogP contribution in [0.1, 0.15) is 44.6 Å². The SMILES string of the molecule is CCCN(C(=O)Cc1ccccc1Cl)C1CCC(N)CC1. The van der Waals surface area contributed by atoms with Gasteiger partial charge in [0.1, 0.15) is 0 Å². The molecule has 0 atom stereocenters. The van der Waals surface area contributed by atoms with Crippen LogP contribution in [0.25, 0.3) is 0 Å². The molecule has 1 fully saturated rings. The van der Waals surface area contributed by atoms with Crippen LogP contribution in [0.2, 0.25) is 5.02 Å². The summed E-state index contributed by atoms with van der Waals surface area (Å²) in [5, 5.41) is 0.674. The molecule has 2 rings (SSSR count). The molecular formula is C17H25ClN2O. The monoisotopic (exact) mass is 308 g/mol. The van der Waals surface area contributed by atoms with Crippen LogP contribution in [0.3, 0.4) is 0 Å². The zero-order valence-electron chi connectivity index (χ0n) is 12.7. The Morgan fingerprint density at radius 2 is 1.95 bits per heavy atom. The van der Waals surface area contributed by atoms with Crippen molar-refractivity contribution in [3.63, 3.8) is 0 Å². The quantitative estimate of drug-likeness (QED) is 0.906. The largest absolute Gasteiger partial charge is 0.339 e. The number of benzene rings is 1. The molecule has 1 aliphatic carbocycles. The molecule has 1 saturated carbocycles. The van der Waals surface area contributed by atoms with Crippen molar-refractivity contribution in [1.29, 1.82) is 0 Å². The highest BCUT2D eigenvalue weighted by atomic mass is 35.5. The molecule has 0 aromatic heterocycles. The van der Waals surface area contributed by atoms with Gasteiger partial charge in [0.2, 0.25) is 5.91 Å². The van der Waals surface area contributed by atoms with Gasteiger partial charge in [-0.1, -0.05) is 36.7 Å². The number of carbonyl (C=O) groups excluding carboxylic acids is 1. The molecule has 1 aliphatic rings. The van der Waals surface area contributed by atoms with Gasteiger partial charge in [-0.15, -0.1) is 0 Å². The van der Waals surface area contributed by atoms with Gasteiger partial charge in [-0.3, -0.25) is 4.79 Å².